The number of hydrogen-bond donors (Lipinski definition) is 3. The summed E-state index contributed by atoms with van der Waals surface area (Å²) in [6.45, 7) is 3.48. The van der Waals surface area contributed by atoms with Gasteiger partial charge in [0, 0.05) is 30.4 Å². The van der Waals surface area contributed by atoms with Gasteiger partial charge in [0.1, 0.15) is 0 Å². The van der Waals surface area contributed by atoms with Crippen LogP contribution >= 0.6 is 0 Å². The van der Waals surface area contributed by atoms with Crippen LogP contribution in [-0.2, 0) is 21.4 Å². The van der Waals surface area contributed by atoms with Crippen molar-refractivity contribution in [2.24, 2.45) is 0 Å². The van der Waals surface area contributed by atoms with Crippen molar-refractivity contribution in [2.75, 3.05) is 15.8 Å². The molecule has 8 heteroatoms. The minimum absolute atomic E-state index is 0.0219. The van der Waals surface area contributed by atoms with Gasteiger partial charge in [0.05, 0.1) is 5.75 Å². The Morgan fingerprint density at radius 1 is 1.00 bits per heavy atom. The number of benzene rings is 2. The summed E-state index contributed by atoms with van der Waals surface area (Å²) in [5.74, 6) is -0.469. The molecule has 2 rings (SSSR count). The van der Waals surface area contributed by atoms with E-state index in [1.807, 2.05) is 6.07 Å². The Labute approximate surface area is 159 Å². The molecule has 3 N–H and O–H groups in total. The van der Waals surface area contributed by atoms with Crippen molar-refractivity contribution in [3.05, 3.63) is 59.7 Å². The summed E-state index contributed by atoms with van der Waals surface area (Å²) in [5.41, 5.74) is 2.18. The second-order valence-corrected chi connectivity index (χ2v) is 7.91. The first kappa shape index (κ1) is 20.4. The number of hydrogen-bond acceptors (Lipinski definition) is 4. The third-order valence-corrected chi connectivity index (χ3v) is 5.06. The summed E-state index contributed by atoms with van der Waals surface area (Å²) in [5, 5.41) is 5.47. The van der Waals surface area contributed by atoms with Gasteiger partial charge in [-0.25, -0.2) is 8.42 Å². The predicted octanol–water partition coefficient (Wildman–Crippen LogP) is 2.73. The average molecular weight is 389 g/mol. The molecule has 0 aliphatic heterocycles. The van der Waals surface area contributed by atoms with Gasteiger partial charge in [-0.3, -0.25) is 14.3 Å². The minimum atomic E-state index is -3.41. The maximum Gasteiger partial charge on any atom is 0.251 e. The maximum atomic E-state index is 12.4. The Hall–Kier alpha value is -2.87. The highest BCUT2D eigenvalue weighted by Gasteiger charge is 2.11. The summed E-state index contributed by atoms with van der Waals surface area (Å²) in [6, 6.07) is 13.5. The van der Waals surface area contributed by atoms with Gasteiger partial charge in [-0.15, -0.1) is 0 Å². The number of anilines is 2. The van der Waals surface area contributed by atoms with Crippen LogP contribution in [0.5, 0.6) is 0 Å². The molecule has 144 valence electrons. The van der Waals surface area contributed by atoms with E-state index in [0.717, 1.165) is 5.56 Å². The smallest absolute Gasteiger partial charge is 0.251 e. The summed E-state index contributed by atoms with van der Waals surface area (Å²) >= 11 is 0. The number of carbonyl (C=O) groups excluding carboxylic acids is 2. The van der Waals surface area contributed by atoms with E-state index in [1.54, 1.807) is 43.3 Å². The van der Waals surface area contributed by atoms with Crippen molar-refractivity contribution in [2.45, 2.75) is 26.8 Å². The van der Waals surface area contributed by atoms with Crippen molar-refractivity contribution >= 4 is 33.2 Å². The summed E-state index contributed by atoms with van der Waals surface area (Å²) < 4.78 is 26.2. The molecular formula is C19H23N3O4S. The van der Waals surface area contributed by atoms with Crippen molar-refractivity contribution in [3.8, 4) is 0 Å². The summed E-state index contributed by atoms with van der Waals surface area (Å²) in [4.78, 5) is 23.5. The summed E-state index contributed by atoms with van der Waals surface area (Å²) in [6.07, 6.45) is 0.507. The van der Waals surface area contributed by atoms with Gasteiger partial charge in [0.25, 0.3) is 5.91 Å². The Bertz CT molecular complexity index is 926. The lowest BCUT2D eigenvalue weighted by molar-refractivity contribution is -0.114. The van der Waals surface area contributed by atoms with Crippen LogP contribution in [0.15, 0.2) is 48.5 Å². The molecule has 0 aliphatic rings. The number of nitrogens with one attached hydrogen (secondary N) is 3. The molecule has 0 saturated carbocycles. The van der Waals surface area contributed by atoms with E-state index in [2.05, 4.69) is 15.4 Å². The first-order valence-electron chi connectivity index (χ1n) is 8.54. The lowest BCUT2D eigenvalue weighted by Gasteiger charge is -2.10. The van der Waals surface area contributed by atoms with Gasteiger partial charge in [0.2, 0.25) is 15.9 Å². The lowest BCUT2D eigenvalue weighted by Crippen LogP contribution is -2.23. The van der Waals surface area contributed by atoms with E-state index in [0.29, 0.717) is 23.4 Å². The zero-order chi connectivity index (χ0) is 19.9. The van der Waals surface area contributed by atoms with E-state index in [9.17, 15) is 18.0 Å². The molecule has 0 spiro atoms. The van der Waals surface area contributed by atoms with Gasteiger partial charge in [-0.1, -0.05) is 25.1 Å². The molecule has 0 aliphatic carbocycles. The first-order valence-corrected chi connectivity index (χ1v) is 10.2. The zero-order valence-electron chi connectivity index (χ0n) is 15.3. The minimum Gasteiger partial charge on any atom is -0.348 e. The topological polar surface area (TPSA) is 104 Å². The second-order valence-electron chi connectivity index (χ2n) is 6.07. The molecule has 27 heavy (non-hydrogen) atoms. The van der Waals surface area contributed by atoms with Gasteiger partial charge in [0.15, 0.2) is 0 Å². The standard InChI is InChI=1S/C19H23N3O4S/c1-3-10-27(25,26)22-18-9-5-7-16(12-18)19(24)20-13-15-6-4-8-17(11-15)21-14(2)23/h4-9,11-12,22H,3,10,13H2,1-2H3,(H,20,24)(H,21,23). The molecular weight excluding hydrogens is 366 g/mol. The predicted molar refractivity (Wildman–Crippen MR) is 106 cm³/mol. The van der Waals surface area contributed by atoms with E-state index < -0.39 is 10.0 Å². The molecule has 0 unspecified atom stereocenters. The highest BCUT2D eigenvalue weighted by Crippen LogP contribution is 2.14. The van der Waals surface area contributed by atoms with E-state index in [-0.39, 0.29) is 24.1 Å². The van der Waals surface area contributed by atoms with Crippen LogP contribution in [-0.4, -0.2) is 26.0 Å². The second kappa shape index (κ2) is 9.18. The number of sulfonamides is 1. The molecule has 0 fully saturated rings. The molecule has 0 radical (unpaired) electrons. The zero-order valence-corrected chi connectivity index (χ0v) is 16.1. The van der Waals surface area contributed by atoms with E-state index in [4.69, 9.17) is 0 Å². The number of amides is 2. The molecule has 0 bridgehead atoms. The number of rotatable bonds is 8. The normalized spacial score (nSPS) is 10.9. The number of carbonyl (C=O) groups is 2. The fraction of sp³-hybridized carbons (Fsp3) is 0.263. The van der Waals surface area contributed by atoms with Crippen LogP contribution in [0.2, 0.25) is 0 Å². The van der Waals surface area contributed by atoms with Crippen molar-refractivity contribution < 1.29 is 18.0 Å². The van der Waals surface area contributed by atoms with Crippen molar-refractivity contribution in [1.82, 2.24) is 5.32 Å². The molecule has 7 nitrogen and oxygen atoms in total. The molecule has 0 saturated heterocycles. The van der Waals surface area contributed by atoms with Gasteiger partial charge in [-0.2, -0.15) is 0 Å². The third kappa shape index (κ3) is 6.74. The van der Waals surface area contributed by atoms with Crippen LogP contribution in [0.4, 0.5) is 11.4 Å². The average Bonchev–Trinajstić information content (AvgIpc) is 2.59. The van der Waals surface area contributed by atoms with E-state index >= 15 is 0 Å². The lowest BCUT2D eigenvalue weighted by atomic mass is 10.1. The third-order valence-electron chi connectivity index (χ3n) is 3.57. The Balaban J connectivity index is 2.02. The van der Waals surface area contributed by atoms with E-state index in [1.165, 1.54) is 13.0 Å². The molecule has 2 aromatic carbocycles. The van der Waals surface area contributed by atoms with Crippen LogP contribution in [0.25, 0.3) is 0 Å². The Morgan fingerprint density at radius 2 is 1.70 bits per heavy atom. The van der Waals surface area contributed by atoms with Crippen LogP contribution in [0.3, 0.4) is 0 Å². The van der Waals surface area contributed by atoms with Crippen LogP contribution < -0.4 is 15.4 Å². The fourth-order valence-electron chi connectivity index (χ4n) is 2.47. The summed E-state index contributed by atoms with van der Waals surface area (Å²) in [7, 11) is -3.41. The molecule has 0 aromatic heterocycles. The van der Waals surface area contributed by atoms with Crippen molar-refractivity contribution in [1.29, 1.82) is 0 Å². The molecule has 0 heterocycles. The van der Waals surface area contributed by atoms with Crippen LogP contribution in [0, 0.1) is 0 Å². The molecule has 2 amide bonds. The highest BCUT2D eigenvalue weighted by molar-refractivity contribution is 7.92. The van der Waals surface area contributed by atoms with Crippen molar-refractivity contribution in [3.63, 3.8) is 0 Å². The van der Waals surface area contributed by atoms with Gasteiger partial charge in [-0.05, 0) is 42.3 Å². The molecule has 0 atom stereocenters. The first-order chi connectivity index (χ1) is 12.8. The Morgan fingerprint density at radius 3 is 2.41 bits per heavy atom. The maximum absolute atomic E-state index is 12.4. The largest absolute Gasteiger partial charge is 0.348 e. The Kier molecular flexibility index (Phi) is 6.95. The highest BCUT2D eigenvalue weighted by atomic mass is 32.2. The van der Waals surface area contributed by atoms with Gasteiger partial charge >= 0.3 is 0 Å². The SMILES string of the molecule is CCCS(=O)(=O)Nc1cccc(C(=O)NCc2cccc(NC(C)=O)c2)c1. The van der Waals surface area contributed by atoms with Crippen LogP contribution in [0.1, 0.15) is 36.2 Å². The quantitative estimate of drug-likeness (QED) is 0.646. The molecule has 2 aromatic rings. The monoisotopic (exact) mass is 389 g/mol. The fourth-order valence-corrected chi connectivity index (χ4v) is 3.60. The van der Waals surface area contributed by atoms with Gasteiger partial charge < -0.3 is 10.6 Å².